The number of ether oxygens (including phenoxy) is 3. The van der Waals surface area contributed by atoms with Gasteiger partial charge in [-0.15, -0.1) is 0 Å². The zero-order valence-electron chi connectivity index (χ0n) is 24.0. The summed E-state index contributed by atoms with van der Waals surface area (Å²) in [7, 11) is 3.16. The minimum Gasteiger partial charge on any atom is -0.493 e. The number of amides is 2. The summed E-state index contributed by atoms with van der Waals surface area (Å²) < 4.78 is 17.2. The molecule has 0 aliphatic rings. The first-order chi connectivity index (χ1) is 19.1. The van der Waals surface area contributed by atoms with Crippen LogP contribution in [0, 0.1) is 19.3 Å². The van der Waals surface area contributed by atoms with Crippen molar-refractivity contribution in [2.24, 2.45) is 5.41 Å². The minimum absolute atomic E-state index is 0.389. The number of benzene rings is 3. The second kappa shape index (κ2) is 11.7. The van der Waals surface area contributed by atoms with Gasteiger partial charge in [0.2, 0.25) is 11.8 Å². The standard InChI is InChI=1S/C32H35N3O5/c1-8-21-16-27(40-26-13-14-33-25-18-29(39-7)28(38-6)17-23(25)26)20(3)15-24(21)35-31(37)32(4,5)30(36)34-22-11-9-19(2)10-12-22/h9-18H,8H2,1-7H3,(H,34,36)(H,35,37). The number of hydrogen-bond acceptors (Lipinski definition) is 6. The van der Waals surface area contributed by atoms with Crippen LogP contribution in [-0.2, 0) is 16.0 Å². The Morgan fingerprint density at radius 3 is 2.12 bits per heavy atom. The highest BCUT2D eigenvalue weighted by Crippen LogP contribution is 2.38. The van der Waals surface area contributed by atoms with Gasteiger partial charge in [0.1, 0.15) is 16.9 Å². The normalized spacial score (nSPS) is 11.2. The Morgan fingerprint density at radius 1 is 0.825 bits per heavy atom. The highest BCUT2D eigenvalue weighted by molar-refractivity contribution is 6.14. The van der Waals surface area contributed by atoms with E-state index in [0.29, 0.717) is 46.3 Å². The molecule has 8 nitrogen and oxygen atoms in total. The minimum atomic E-state index is -1.31. The van der Waals surface area contributed by atoms with Gasteiger partial charge in [-0.3, -0.25) is 14.6 Å². The third-order valence-corrected chi connectivity index (χ3v) is 6.90. The second-order valence-electron chi connectivity index (χ2n) is 10.2. The van der Waals surface area contributed by atoms with Crippen LogP contribution in [-0.4, -0.2) is 31.0 Å². The lowest BCUT2D eigenvalue weighted by molar-refractivity contribution is -0.135. The first-order valence-electron chi connectivity index (χ1n) is 13.1. The maximum atomic E-state index is 13.3. The summed E-state index contributed by atoms with van der Waals surface area (Å²) in [5.41, 5.74) is 3.46. The summed E-state index contributed by atoms with van der Waals surface area (Å²) in [5.74, 6) is 1.63. The van der Waals surface area contributed by atoms with Crippen LogP contribution in [0.25, 0.3) is 10.9 Å². The molecule has 0 spiro atoms. The van der Waals surface area contributed by atoms with Crippen molar-refractivity contribution in [2.45, 2.75) is 41.0 Å². The quantitative estimate of drug-likeness (QED) is 0.226. The Bertz CT molecular complexity index is 1560. The fraction of sp³-hybridized carbons (Fsp3) is 0.281. The summed E-state index contributed by atoms with van der Waals surface area (Å²) in [6.07, 6.45) is 2.32. The SMILES string of the molecule is CCc1cc(Oc2ccnc3cc(OC)c(OC)cc23)c(C)cc1NC(=O)C(C)(C)C(=O)Nc1ccc(C)cc1. The molecule has 0 aliphatic heterocycles. The summed E-state index contributed by atoms with van der Waals surface area (Å²) >= 11 is 0. The first-order valence-corrected chi connectivity index (χ1v) is 13.1. The molecular weight excluding hydrogens is 506 g/mol. The Hall–Kier alpha value is -4.59. The third-order valence-electron chi connectivity index (χ3n) is 6.90. The number of methoxy groups -OCH3 is 2. The van der Waals surface area contributed by atoms with E-state index < -0.39 is 11.3 Å². The van der Waals surface area contributed by atoms with E-state index in [2.05, 4.69) is 15.6 Å². The van der Waals surface area contributed by atoms with Crippen molar-refractivity contribution in [3.05, 3.63) is 77.5 Å². The zero-order chi connectivity index (χ0) is 29.0. The zero-order valence-corrected chi connectivity index (χ0v) is 24.0. The number of nitrogens with zero attached hydrogens (tertiary/aromatic N) is 1. The van der Waals surface area contributed by atoms with E-state index in [1.165, 1.54) is 0 Å². The fourth-order valence-corrected chi connectivity index (χ4v) is 4.21. The fourth-order valence-electron chi connectivity index (χ4n) is 4.21. The molecule has 0 fully saturated rings. The summed E-state index contributed by atoms with van der Waals surface area (Å²) in [6.45, 7) is 9.10. The molecule has 0 aliphatic carbocycles. The van der Waals surface area contributed by atoms with Crippen LogP contribution >= 0.6 is 0 Å². The lowest BCUT2D eigenvalue weighted by atomic mass is 9.90. The molecule has 2 amide bonds. The molecule has 0 atom stereocenters. The topological polar surface area (TPSA) is 98.8 Å². The predicted octanol–water partition coefficient (Wildman–Crippen LogP) is 6.83. The molecule has 3 aromatic carbocycles. The molecule has 0 radical (unpaired) electrons. The van der Waals surface area contributed by atoms with Crippen molar-refractivity contribution < 1.29 is 23.8 Å². The van der Waals surface area contributed by atoms with Crippen LogP contribution in [0.3, 0.4) is 0 Å². The Kier molecular flexibility index (Phi) is 8.28. The summed E-state index contributed by atoms with van der Waals surface area (Å²) in [4.78, 5) is 30.8. The number of carbonyl (C=O) groups is 2. The number of hydrogen-bond donors (Lipinski definition) is 2. The Morgan fingerprint density at radius 2 is 1.48 bits per heavy atom. The molecule has 0 saturated heterocycles. The van der Waals surface area contributed by atoms with Crippen LogP contribution in [0.2, 0.25) is 0 Å². The van der Waals surface area contributed by atoms with Crippen molar-refractivity contribution in [1.82, 2.24) is 4.98 Å². The Balaban J connectivity index is 1.58. The van der Waals surface area contributed by atoms with Crippen LogP contribution in [0.1, 0.15) is 37.5 Å². The van der Waals surface area contributed by atoms with Gasteiger partial charge in [-0.2, -0.15) is 0 Å². The summed E-state index contributed by atoms with van der Waals surface area (Å²) in [5, 5.41) is 6.59. The molecule has 8 heteroatoms. The predicted molar refractivity (Wildman–Crippen MR) is 158 cm³/mol. The number of rotatable bonds is 9. The second-order valence-corrected chi connectivity index (χ2v) is 10.2. The van der Waals surface area contributed by atoms with Gasteiger partial charge in [0.15, 0.2) is 11.5 Å². The molecule has 4 rings (SSSR count). The molecule has 4 aromatic rings. The van der Waals surface area contributed by atoms with E-state index in [1.807, 2.05) is 63.2 Å². The van der Waals surface area contributed by atoms with E-state index in [4.69, 9.17) is 14.2 Å². The molecule has 2 N–H and O–H groups in total. The highest BCUT2D eigenvalue weighted by atomic mass is 16.5. The van der Waals surface area contributed by atoms with Crippen LogP contribution in [0.5, 0.6) is 23.0 Å². The molecule has 1 heterocycles. The average molecular weight is 542 g/mol. The van der Waals surface area contributed by atoms with Crippen molar-refractivity contribution in [3.63, 3.8) is 0 Å². The van der Waals surface area contributed by atoms with Crippen LogP contribution in [0.15, 0.2) is 60.8 Å². The van der Waals surface area contributed by atoms with Gasteiger partial charge < -0.3 is 24.8 Å². The molecule has 208 valence electrons. The van der Waals surface area contributed by atoms with Crippen molar-refractivity contribution in [2.75, 3.05) is 24.9 Å². The van der Waals surface area contributed by atoms with E-state index >= 15 is 0 Å². The van der Waals surface area contributed by atoms with E-state index in [1.54, 1.807) is 46.4 Å². The molecule has 0 unspecified atom stereocenters. The van der Waals surface area contributed by atoms with Gasteiger partial charge >= 0.3 is 0 Å². The number of carbonyl (C=O) groups excluding carboxylic acids is 2. The Labute approximate surface area is 234 Å². The van der Waals surface area contributed by atoms with Crippen molar-refractivity contribution >= 4 is 34.1 Å². The van der Waals surface area contributed by atoms with Gasteiger partial charge in [0.05, 0.1) is 19.7 Å². The molecular formula is C32H35N3O5. The number of aromatic nitrogens is 1. The molecule has 0 bridgehead atoms. The monoisotopic (exact) mass is 541 g/mol. The smallest absolute Gasteiger partial charge is 0.239 e. The van der Waals surface area contributed by atoms with Gasteiger partial charge in [-0.25, -0.2) is 0 Å². The van der Waals surface area contributed by atoms with E-state index in [-0.39, 0.29) is 5.91 Å². The lowest BCUT2D eigenvalue weighted by Gasteiger charge is -2.24. The van der Waals surface area contributed by atoms with Gasteiger partial charge in [0.25, 0.3) is 0 Å². The number of fused-ring (bicyclic) bond motifs is 1. The first kappa shape index (κ1) is 28.4. The van der Waals surface area contributed by atoms with Gasteiger partial charge in [-0.1, -0.05) is 24.6 Å². The lowest BCUT2D eigenvalue weighted by Crippen LogP contribution is -2.41. The van der Waals surface area contributed by atoms with Crippen molar-refractivity contribution in [3.8, 4) is 23.0 Å². The maximum Gasteiger partial charge on any atom is 0.239 e. The molecule has 0 saturated carbocycles. The largest absolute Gasteiger partial charge is 0.493 e. The molecule has 1 aromatic heterocycles. The van der Waals surface area contributed by atoms with E-state index in [9.17, 15) is 9.59 Å². The average Bonchev–Trinajstić information content (AvgIpc) is 2.94. The van der Waals surface area contributed by atoms with Crippen LogP contribution in [0.4, 0.5) is 11.4 Å². The number of pyridine rings is 1. The number of nitrogens with one attached hydrogen (secondary N) is 2. The van der Waals surface area contributed by atoms with Crippen LogP contribution < -0.4 is 24.8 Å². The highest BCUT2D eigenvalue weighted by Gasteiger charge is 2.36. The molecule has 40 heavy (non-hydrogen) atoms. The number of aryl methyl sites for hydroxylation is 3. The maximum absolute atomic E-state index is 13.3. The van der Waals surface area contributed by atoms with E-state index in [0.717, 1.165) is 22.1 Å². The number of anilines is 2. The van der Waals surface area contributed by atoms with Gasteiger partial charge in [-0.05, 0) is 81.6 Å². The van der Waals surface area contributed by atoms with Crippen molar-refractivity contribution in [1.29, 1.82) is 0 Å². The van der Waals surface area contributed by atoms with Gasteiger partial charge in [0, 0.05) is 29.0 Å². The summed E-state index contributed by atoms with van der Waals surface area (Å²) in [6, 6.07) is 16.7. The third kappa shape index (κ3) is 5.86.